The summed E-state index contributed by atoms with van der Waals surface area (Å²) in [5, 5.41) is 3.88. The summed E-state index contributed by atoms with van der Waals surface area (Å²) in [6, 6.07) is 2.13. The molecule has 3 unspecified atom stereocenters. The third-order valence-corrected chi connectivity index (χ3v) is 5.93. The quantitative estimate of drug-likeness (QED) is 0.839. The Balaban J connectivity index is 2.02. The van der Waals surface area contributed by atoms with Crippen molar-refractivity contribution in [3.05, 3.63) is 0 Å². The Hall–Kier alpha value is -0.0800. The Morgan fingerprint density at radius 1 is 1.15 bits per heavy atom. The molecular formula is C18H36N2. The van der Waals surface area contributed by atoms with E-state index in [1.807, 2.05) is 0 Å². The Kier molecular flexibility index (Phi) is 5.53. The first-order chi connectivity index (χ1) is 9.43. The van der Waals surface area contributed by atoms with Gasteiger partial charge < -0.3 is 5.32 Å². The predicted molar refractivity (Wildman–Crippen MR) is 88.1 cm³/mol. The van der Waals surface area contributed by atoms with Crippen LogP contribution in [0.1, 0.15) is 73.1 Å². The average molecular weight is 280 g/mol. The molecule has 0 amide bonds. The van der Waals surface area contributed by atoms with Crippen LogP contribution in [-0.4, -0.2) is 36.1 Å². The smallest absolute Gasteiger partial charge is 0.0224 e. The van der Waals surface area contributed by atoms with E-state index in [4.69, 9.17) is 0 Å². The van der Waals surface area contributed by atoms with Crippen LogP contribution >= 0.6 is 0 Å². The van der Waals surface area contributed by atoms with Crippen LogP contribution < -0.4 is 5.32 Å². The van der Waals surface area contributed by atoms with Gasteiger partial charge in [0.1, 0.15) is 0 Å². The minimum Gasteiger partial charge on any atom is -0.311 e. The summed E-state index contributed by atoms with van der Waals surface area (Å²) in [6.07, 6.45) is 8.54. The number of hydrogen-bond donors (Lipinski definition) is 1. The molecule has 0 aromatic carbocycles. The van der Waals surface area contributed by atoms with Crippen molar-refractivity contribution in [2.75, 3.05) is 13.1 Å². The summed E-state index contributed by atoms with van der Waals surface area (Å²) < 4.78 is 0. The van der Waals surface area contributed by atoms with E-state index in [-0.39, 0.29) is 0 Å². The monoisotopic (exact) mass is 280 g/mol. The first kappa shape index (κ1) is 16.3. The molecule has 0 radical (unpaired) electrons. The van der Waals surface area contributed by atoms with Crippen molar-refractivity contribution in [1.29, 1.82) is 0 Å². The van der Waals surface area contributed by atoms with E-state index in [2.05, 4.69) is 44.8 Å². The van der Waals surface area contributed by atoms with Gasteiger partial charge in [0, 0.05) is 31.2 Å². The molecular weight excluding hydrogens is 244 g/mol. The molecule has 1 saturated carbocycles. The molecule has 1 heterocycles. The molecule has 0 aromatic rings. The molecule has 0 bridgehead atoms. The zero-order chi connectivity index (χ0) is 14.8. The maximum absolute atomic E-state index is 3.88. The lowest BCUT2D eigenvalue weighted by atomic mass is 9.80. The zero-order valence-corrected chi connectivity index (χ0v) is 14.4. The lowest BCUT2D eigenvalue weighted by Crippen LogP contribution is -2.62. The average Bonchev–Trinajstić information content (AvgIpc) is 2.45. The van der Waals surface area contributed by atoms with Gasteiger partial charge in [-0.25, -0.2) is 0 Å². The molecule has 1 N–H and O–H groups in total. The van der Waals surface area contributed by atoms with Gasteiger partial charge in [-0.1, -0.05) is 47.0 Å². The van der Waals surface area contributed by atoms with Crippen molar-refractivity contribution < 1.29 is 0 Å². The van der Waals surface area contributed by atoms with E-state index < -0.39 is 0 Å². The SMILES string of the molecule is CCC1CNC(C2CCCCC2)CN1C(C)C(C)(C)C. The van der Waals surface area contributed by atoms with E-state index >= 15 is 0 Å². The van der Waals surface area contributed by atoms with Crippen LogP contribution in [0.25, 0.3) is 0 Å². The van der Waals surface area contributed by atoms with E-state index in [1.165, 1.54) is 51.6 Å². The molecule has 1 aliphatic carbocycles. The minimum absolute atomic E-state index is 0.377. The van der Waals surface area contributed by atoms with Gasteiger partial charge in [-0.05, 0) is 37.5 Å². The molecule has 2 heteroatoms. The molecule has 2 rings (SSSR count). The highest BCUT2D eigenvalue weighted by Gasteiger charge is 2.37. The second-order valence-corrected chi connectivity index (χ2v) is 8.21. The van der Waals surface area contributed by atoms with Gasteiger partial charge in [-0.15, -0.1) is 0 Å². The Bertz CT molecular complexity index is 288. The predicted octanol–water partition coefficient (Wildman–Crippen LogP) is 4.05. The molecule has 3 atom stereocenters. The van der Waals surface area contributed by atoms with Crippen molar-refractivity contribution in [1.82, 2.24) is 10.2 Å². The van der Waals surface area contributed by atoms with Crippen molar-refractivity contribution in [2.45, 2.75) is 91.3 Å². The molecule has 0 aromatic heterocycles. The standard InChI is InChI=1S/C18H36N2/c1-6-16-12-19-17(15-10-8-7-9-11-15)13-20(16)14(2)18(3,4)5/h14-17,19H,6-13H2,1-5H3. The highest BCUT2D eigenvalue weighted by atomic mass is 15.3. The first-order valence-corrected chi connectivity index (χ1v) is 8.92. The van der Waals surface area contributed by atoms with Gasteiger partial charge in [0.05, 0.1) is 0 Å². The summed E-state index contributed by atoms with van der Waals surface area (Å²) in [7, 11) is 0. The molecule has 118 valence electrons. The van der Waals surface area contributed by atoms with E-state index in [0.717, 1.165) is 18.0 Å². The maximum Gasteiger partial charge on any atom is 0.0224 e. The molecule has 2 fully saturated rings. The topological polar surface area (TPSA) is 15.3 Å². The van der Waals surface area contributed by atoms with Gasteiger partial charge in [0.25, 0.3) is 0 Å². The number of nitrogens with one attached hydrogen (secondary N) is 1. The fraction of sp³-hybridized carbons (Fsp3) is 1.00. The van der Waals surface area contributed by atoms with Crippen molar-refractivity contribution in [3.8, 4) is 0 Å². The van der Waals surface area contributed by atoms with Crippen LogP contribution in [0.3, 0.4) is 0 Å². The maximum atomic E-state index is 3.88. The Morgan fingerprint density at radius 2 is 1.80 bits per heavy atom. The van der Waals surface area contributed by atoms with Crippen LogP contribution in [0.2, 0.25) is 0 Å². The van der Waals surface area contributed by atoms with E-state index in [1.54, 1.807) is 0 Å². The molecule has 2 aliphatic rings. The minimum atomic E-state index is 0.377. The fourth-order valence-electron chi connectivity index (χ4n) is 4.05. The number of hydrogen-bond acceptors (Lipinski definition) is 2. The molecule has 2 nitrogen and oxygen atoms in total. The fourth-order valence-corrected chi connectivity index (χ4v) is 4.05. The normalized spacial score (nSPS) is 32.2. The van der Waals surface area contributed by atoms with Crippen LogP contribution in [0.4, 0.5) is 0 Å². The van der Waals surface area contributed by atoms with Crippen molar-refractivity contribution in [2.24, 2.45) is 11.3 Å². The van der Waals surface area contributed by atoms with Crippen LogP contribution in [-0.2, 0) is 0 Å². The molecule has 1 saturated heterocycles. The van der Waals surface area contributed by atoms with Gasteiger partial charge in [0.2, 0.25) is 0 Å². The number of rotatable bonds is 3. The van der Waals surface area contributed by atoms with Crippen LogP contribution in [0.15, 0.2) is 0 Å². The largest absolute Gasteiger partial charge is 0.311 e. The third-order valence-electron chi connectivity index (χ3n) is 5.93. The van der Waals surface area contributed by atoms with Gasteiger partial charge in [-0.3, -0.25) is 4.90 Å². The lowest BCUT2D eigenvalue weighted by Gasteiger charge is -2.49. The summed E-state index contributed by atoms with van der Waals surface area (Å²) in [5.41, 5.74) is 0.377. The number of piperazine rings is 1. The summed E-state index contributed by atoms with van der Waals surface area (Å²) in [6.45, 7) is 14.4. The van der Waals surface area contributed by atoms with Crippen molar-refractivity contribution >= 4 is 0 Å². The Morgan fingerprint density at radius 3 is 2.35 bits per heavy atom. The van der Waals surface area contributed by atoms with Crippen LogP contribution in [0.5, 0.6) is 0 Å². The Labute approximate surface area is 126 Å². The van der Waals surface area contributed by atoms with E-state index in [9.17, 15) is 0 Å². The first-order valence-electron chi connectivity index (χ1n) is 8.92. The second-order valence-electron chi connectivity index (χ2n) is 8.21. The summed E-state index contributed by atoms with van der Waals surface area (Å²) >= 11 is 0. The van der Waals surface area contributed by atoms with Crippen LogP contribution in [0, 0.1) is 11.3 Å². The van der Waals surface area contributed by atoms with E-state index in [0.29, 0.717) is 11.5 Å². The molecule has 20 heavy (non-hydrogen) atoms. The summed E-state index contributed by atoms with van der Waals surface area (Å²) in [5.74, 6) is 0.927. The van der Waals surface area contributed by atoms with Gasteiger partial charge in [-0.2, -0.15) is 0 Å². The molecule has 0 spiro atoms. The van der Waals surface area contributed by atoms with Gasteiger partial charge in [0.15, 0.2) is 0 Å². The lowest BCUT2D eigenvalue weighted by molar-refractivity contribution is 0.0192. The summed E-state index contributed by atoms with van der Waals surface area (Å²) in [4.78, 5) is 2.82. The molecule has 1 aliphatic heterocycles. The second kappa shape index (κ2) is 6.79. The number of nitrogens with zero attached hydrogens (tertiary/aromatic N) is 1. The highest BCUT2D eigenvalue weighted by molar-refractivity contribution is 4.94. The third kappa shape index (κ3) is 3.76. The van der Waals surface area contributed by atoms with Gasteiger partial charge >= 0.3 is 0 Å². The highest BCUT2D eigenvalue weighted by Crippen LogP contribution is 2.32. The zero-order valence-electron chi connectivity index (χ0n) is 14.4. The van der Waals surface area contributed by atoms with Crippen molar-refractivity contribution in [3.63, 3.8) is 0 Å².